The molecule has 0 fully saturated rings. The van der Waals surface area contributed by atoms with Gasteiger partial charge in [0.25, 0.3) is 5.91 Å². The Morgan fingerprint density at radius 3 is 2.06 bits per heavy atom. The van der Waals surface area contributed by atoms with E-state index >= 15 is 0 Å². The van der Waals surface area contributed by atoms with E-state index < -0.39 is 36.9 Å². The number of hydrogen-bond acceptors (Lipinski definition) is 6. The molecule has 0 saturated carbocycles. The van der Waals surface area contributed by atoms with Gasteiger partial charge < -0.3 is 30.1 Å². The van der Waals surface area contributed by atoms with Crippen molar-refractivity contribution in [3.63, 3.8) is 0 Å². The number of nitrogens with zero attached hydrogens (tertiary/aromatic N) is 1. The van der Waals surface area contributed by atoms with Gasteiger partial charge in [-0.3, -0.25) is 4.79 Å². The first-order valence-electron chi connectivity index (χ1n) is 4.75. The molecule has 0 rings (SSSR count). The zero-order chi connectivity index (χ0) is 12.9. The van der Waals surface area contributed by atoms with E-state index in [9.17, 15) is 20.1 Å². The van der Waals surface area contributed by atoms with E-state index in [1.807, 2.05) is 0 Å². The lowest BCUT2D eigenvalue weighted by atomic mass is 10.0. The first-order valence-corrected chi connectivity index (χ1v) is 4.75. The Kier molecular flexibility index (Phi) is 6.46. The zero-order valence-electron chi connectivity index (χ0n) is 9.57. The van der Waals surface area contributed by atoms with Crippen molar-refractivity contribution in [2.75, 3.05) is 27.8 Å². The molecule has 0 aliphatic heterocycles. The van der Waals surface area contributed by atoms with Crippen LogP contribution in [0, 0.1) is 0 Å². The number of likely N-dealkylation sites (N-methyl/N-ethyl adjacent to an activating group) is 1. The van der Waals surface area contributed by atoms with Crippen LogP contribution in [-0.2, 0) is 9.53 Å². The van der Waals surface area contributed by atoms with Crippen molar-refractivity contribution in [2.24, 2.45) is 0 Å². The van der Waals surface area contributed by atoms with Crippen molar-refractivity contribution < 1.29 is 30.0 Å². The van der Waals surface area contributed by atoms with Crippen LogP contribution in [0.4, 0.5) is 0 Å². The van der Waals surface area contributed by atoms with Gasteiger partial charge in [-0.1, -0.05) is 0 Å². The van der Waals surface area contributed by atoms with Gasteiger partial charge >= 0.3 is 0 Å². The molecule has 0 aromatic rings. The highest BCUT2D eigenvalue weighted by atomic mass is 16.5. The number of rotatable bonds is 6. The Labute approximate surface area is 93.9 Å². The van der Waals surface area contributed by atoms with E-state index in [1.54, 1.807) is 0 Å². The van der Waals surface area contributed by atoms with Gasteiger partial charge in [-0.15, -0.1) is 0 Å². The number of ether oxygens (including phenoxy) is 1. The maximum absolute atomic E-state index is 11.3. The lowest BCUT2D eigenvalue weighted by Crippen LogP contribution is -2.51. The summed E-state index contributed by atoms with van der Waals surface area (Å²) in [7, 11) is 4.05. The fraction of sp³-hybridized carbons (Fsp3) is 0.889. The van der Waals surface area contributed by atoms with E-state index in [0.717, 1.165) is 4.90 Å². The molecule has 4 atom stereocenters. The number of hydrogen-bond donors (Lipinski definition) is 4. The molecule has 16 heavy (non-hydrogen) atoms. The molecule has 0 aromatic carbocycles. The summed E-state index contributed by atoms with van der Waals surface area (Å²) in [6.07, 6.45) is -6.07. The third kappa shape index (κ3) is 3.69. The molecule has 0 aliphatic carbocycles. The number of amides is 1. The van der Waals surface area contributed by atoms with Gasteiger partial charge in [0.2, 0.25) is 0 Å². The molecule has 4 unspecified atom stereocenters. The molecule has 0 radical (unpaired) electrons. The fourth-order valence-electron chi connectivity index (χ4n) is 1.14. The highest BCUT2D eigenvalue weighted by Gasteiger charge is 2.35. The highest BCUT2D eigenvalue weighted by molar-refractivity contribution is 5.80. The maximum Gasteiger partial charge on any atom is 0.253 e. The topological polar surface area (TPSA) is 110 Å². The van der Waals surface area contributed by atoms with E-state index in [0.29, 0.717) is 0 Å². The summed E-state index contributed by atoms with van der Waals surface area (Å²) in [6.45, 7) is -0.530. The monoisotopic (exact) mass is 237 g/mol. The van der Waals surface area contributed by atoms with Crippen LogP contribution in [0.2, 0.25) is 0 Å². The molecule has 0 saturated heterocycles. The number of carbonyl (C=O) groups is 1. The molecule has 7 heteroatoms. The summed E-state index contributed by atoms with van der Waals surface area (Å²) < 4.78 is 4.68. The summed E-state index contributed by atoms with van der Waals surface area (Å²) in [5, 5.41) is 37.2. The molecule has 0 aliphatic rings. The van der Waals surface area contributed by atoms with E-state index in [1.165, 1.54) is 21.2 Å². The van der Waals surface area contributed by atoms with Gasteiger partial charge in [0.1, 0.15) is 18.3 Å². The SMILES string of the molecule is COC(CO)C(O)C(O)C(O)C(=O)N(C)C. The lowest BCUT2D eigenvalue weighted by Gasteiger charge is -2.28. The number of aliphatic hydroxyl groups is 4. The van der Waals surface area contributed by atoms with Gasteiger partial charge in [-0.05, 0) is 0 Å². The predicted octanol–water partition coefficient (Wildman–Crippen LogP) is -2.84. The van der Waals surface area contributed by atoms with Crippen LogP contribution in [0.15, 0.2) is 0 Å². The van der Waals surface area contributed by atoms with Crippen LogP contribution in [0.1, 0.15) is 0 Å². The van der Waals surface area contributed by atoms with E-state index in [-0.39, 0.29) is 0 Å². The first kappa shape index (κ1) is 15.3. The standard InChI is InChI=1S/C9H19NO6/c1-10(2)9(15)8(14)7(13)6(12)5(4-11)16-3/h5-8,11-14H,4H2,1-3H3. The van der Waals surface area contributed by atoms with Crippen LogP contribution < -0.4 is 0 Å². The van der Waals surface area contributed by atoms with Gasteiger partial charge in [-0.25, -0.2) is 0 Å². The Morgan fingerprint density at radius 2 is 1.75 bits per heavy atom. The minimum atomic E-state index is -1.76. The smallest absolute Gasteiger partial charge is 0.253 e. The summed E-state index contributed by atoms with van der Waals surface area (Å²) in [5.41, 5.74) is 0. The molecule has 0 spiro atoms. The molecule has 1 amide bonds. The number of methoxy groups -OCH3 is 1. The van der Waals surface area contributed by atoms with Crippen molar-refractivity contribution in [1.29, 1.82) is 0 Å². The normalized spacial score (nSPS) is 18.7. The third-order valence-electron chi connectivity index (χ3n) is 2.23. The highest BCUT2D eigenvalue weighted by Crippen LogP contribution is 2.08. The van der Waals surface area contributed by atoms with Gasteiger partial charge in [0.15, 0.2) is 6.10 Å². The molecule has 0 heterocycles. The first-order chi connectivity index (χ1) is 7.36. The van der Waals surface area contributed by atoms with Crippen molar-refractivity contribution in [1.82, 2.24) is 4.90 Å². The molecule has 96 valence electrons. The van der Waals surface area contributed by atoms with Crippen molar-refractivity contribution in [2.45, 2.75) is 24.4 Å². The molecule has 7 nitrogen and oxygen atoms in total. The third-order valence-corrected chi connectivity index (χ3v) is 2.23. The van der Waals surface area contributed by atoms with Crippen LogP contribution >= 0.6 is 0 Å². The van der Waals surface area contributed by atoms with Gasteiger partial charge in [0.05, 0.1) is 6.61 Å². The Hall–Kier alpha value is -0.730. The van der Waals surface area contributed by atoms with Crippen molar-refractivity contribution in [3.8, 4) is 0 Å². The van der Waals surface area contributed by atoms with E-state index in [2.05, 4.69) is 4.74 Å². The minimum absolute atomic E-state index is 0.530. The van der Waals surface area contributed by atoms with Crippen LogP contribution in [0.3, 0.4) is 0 Å². The second-order valence-electron chi connectivity index (χ2n) is 3.62. The molecule has 4 N–H and O–H groups in total. The average molecular weight is 237 g/mol. The summed E-state index contributed by atoms with van der Waals surface area (Å²) in [6, 6.07) is 0. The van der Waals surface area contributed by atoms with Crippen LogP contribution in [-0.4, -0.2) is 83.5 Å². The van der Waals surface area contributed by atoms with Crippen LogP contribution in [0.5, 0.6) is 0 Å². The van der Waals surface area contributed by atoms with Crippen molar-refractivity contribution >= 4 is 5.91 Å². The largest absolute Gasteiger partial charge is 0.394 e. The second kappa shape index (κ2) is 6.77. The lowest BCUT2D eigenvalue weighted by molar-refractivity contribution is -0.158. The average Bonchev–Trinajstić information content (AvgIpc) is 2.27. The van der Waals surface area contributed by atoms with Gasteiger partial charge in [-0.2, -0.15) is 0 Å². The number of aliphatic hydroxyl groups excluding tert-OH is 4. The quantitative estimate of drug-likeness (QED) is 0.396. The Morgan fingerprint density at radius 1 is 1.25 bits per heavy atom. The van der Waals surface area contributed by atoms with Crippen molar-refractivity contribution in [3.05, 3.63) is 0 Å². The number of carbonyl (C=O) groups excluding carboxylic acids is 1. The fourth-order valence-corrected chi connectivity index (χ4v) is 1.14. The Balaban J connectivity index is 4.53. The van der Waals surface area contributed by atoms with Gasteiger partial charge in [0, 0.05) is 21.2 Å². The summed E-state index contributed by atoms with van der Waals surface area (Å²) >= 11 is 0. The second-order valence-corrected chi connectivity index (χ2v) is 3.62. The zero-order valence-corrected chi connectivity index (χ0v) is 9.57. The molecular formula is C9H19NO6. The molecule has 0 aromatic heterocycles. The molecule has 0 bridgehead atoms. The summed E-state index contributed by atoms with van der Waals surface area (Å²) in [4.78, 5) is 12.4. The van der Waals surface area contributed by atoms with E-state index in [4.69, 9.17) is 5.11 Å². The van der Waals surface area contributed by atoms with Crippen LogP contribution in [0.25, 0.3) is 0 Å². The predicted molar refractivity (Wildman–Crippen MR) is 54.6 cm³/mol. The Bertz CT molecular complexity index is 218. The summed E-state index contributed by atoms with van der Waals surface area (Å²) in [5.74, 6) is -0.737. The molecular weight excluding hydrogens is 218 g/mol. The maximum atomic E-state index is 11.3. The minimum Gasteiger partial charge on any atom is -0.394 e.